The van der Waals surface area contributed by atoms with Gasteiger partial charge in [0, 0.05) is 30.1 Å². The number of hydrogen-bond donors (Lipinski definition) is 2. The van der Waals surface area contributed by atoms with Crippen molar-refractivity contribution in [1.82, 2.24) is 20.2 Å². The van der Waals surface area contributed by atoms with E-state index in [1.165, 1.54) is 17.2 Å². The van der Waals surface area contributed by atoms with Crippen molar-refractivity contribution in [3.05, 3.63) is 59.9 Å². The summed E-state index contributed by atoms with van der Waals surface area (Å²) in [7, 11) is 2.08. The molecule has 200 valence electrons. The highest BCUT2D eigenvalue weighted by Crippen LogP contribution is 2.42. The van der Waals surface area contributed by atoms with Crippen LogP contribution in [0.1, 0.15) is 37.8 Å². The minimum absolute atomic E-state index is 0.144. The van der Waals surface area contributed by atoms with Crippen molar-refractivity contribution in [3.63, 3.8) is 0 Å². The summed E-state index contributed by atoms with van der Waals surface area (Å²) in [5.41, 5.74) is 4.32. The SMILES string of the molecule is C=CC(=O)NCCNc1nc(OC[C@@H]2CCCN2C)nc2c(F)c(-c3cccc4c3CC(C)(C)C4)ccc12. The molecule has 0 spiro atoms. The van der Waals surface area contributed by atoms with E-state index in [0.717, 1.165) is 37.8 Å². The Balaban J connectivity index is 1.50. The minimum Gasteiger partial charge on any atom is -0.462 e. The van der Waals surface area contributed by atoms with Crippen LogP contribution in [0.2, 0.25) is 0 Å². The van der Waals surface area contributed by atoms with Crippen molar-refractivity contribution in [2.24, 2.45) is 5.41 Å². The van der Waals surface area contributed by atoms with E-state index in [9.17, 15) is 4.79 Å². The summed E-state index contributed by atoms with van der Waals surface area (Å²) in [6.45, 7) is 10.2. The molecule has 7 nitrogen and oxygen atoms in total. The van der Waals surface area contributed by atoms with Crippen molar-refractivity contribution < 1.29 is 13.9 Å². The summed E-state index contributed by atoms with van der Waals surface area (Å²) in [4.78, 5) is 22.9. The number of fused-ring (bicyclic) bond motifs is 2. The highest BCUT2D eigenvalue weighted by Gasteiger charge is 2.31. The van der Waals surface area contributed by atoms with Crippen LogP contribution in [-0.4, -0.2) is 60.1 Å². The van der Waals surface area contributed by atoms with Crippen LogP contribution in [0.25, 0.3) is 22.0 Å². The van der Waals surface area contributed by atoms with Crippen molar-refractivity contribution in [3.8, 4) is 17.1 Å². The third-order valence-corrected chi connectivity index (χ3v) is 7.65. The lowest BCUT2D eigenvalue weighted by Crippen LogP contribution is -2.31. The van der Waals surface area contributed by atoms with E-state index in [-0.39, 0.29) is 34.7 Å². The Morgan fingerprint density at radius 2 is 2.05 bits per heavy atom. The number of likely N-dealkylation sites (tertiary alicyclic amines) is 1. The number of nitrogens with zero attached hydrogens (tertiary/aromatic N) is 3. The van der Waals surface area contributed by atoms with E-state index in [0.29, 0.717) is 36.5 Å². The fraction of sp³-hybridized carbons (Fsp3) is 0.433. The smallest absolute Gasteiger partial charge is 0.319 e. The first-order chi connectivity index (χ1) is 18.3. The topological polar surface area (TPSA) is 79.4 Å². The molecular formula is C30H36FN5O2. The molecule has 0 bridgehead atoms. The van der Waals surface area contributed by atoms with Gasteiger partial charge >= 0.3 is 6.01 Å². The van der Waals surface area contributed by atoms with E-state index >= 15 is 4.39 Å². The molecule has 5 rings (SSSR count). The maximum absolute atomic E-state index is 16.3. The van der Waals surface area contributed by atoms with Crippen molar-refractivity contribution in [1.29, 1.82) is 0 Å². The zero-order valence-corrected chi connectivity index (χ0v) is 22.4. The van der Waals surface area contributed by atoms with Gasteiger partial charge in [-0.25, -0.2) is 4.39 Å². The Hall–Kier alpha value is -3.52. The summed E-state index contributed by atoms with van der Waals surface area (Å²) < 4.78 is 22.3. The molecule has 1 saturated heterocycles. The lowest BCUT2D eigenvalue weighted by Gasteiger charge is -2.19. The van der Waals surface area contributed by atoms with Crippen molar-refractivity contribution in [2.75, 3.05) is 38.6 Å². The summed E-state index contributed by atoms with van der Waals surface area (Å²) in [6, 6.07) is 10.3. The Labute approximate surface area is 223 Å². The van der Waals surface area contributed by atoms with Gasteiger partial charge in [0.25, 0.3) is 0 Å². The first-order valence-electron chi connectivity index (χ1n) is 13.3. The quantitative estimate of drug-likeness (QED) is 0.315. The molecule has 38 heavy (non-hydrogen) atoms. The predicted octanol–water partition coefficient (Wildman–Crippen LogP) is 4.75. The Morgan fingerprint density at radius 1 is 1.21 bits per heavy atom. The standard InChI is InChI=1S/C30H36FN5O2/c1-5-25(37)32-13-14-33-28-23-12-11-22(21-10-6-8-19-16-30(2,3)17-24(19)21)26(31)27(23)34-29(35-28)38-18-20-9-7-15-36(20)4/h5-6,8,10-12,20H,1,7,9,13-18H2,2-4H3,(H,32,37)(H,33,34,35)/t20-/m0/s1. The number of nitrogens with one attached hydrogen (secondary N) is 2. The van der Waals surface area contributed by atoms with Crippen LogP contribution in [0.3, 0.4) is 0 Å². The maximum Gasteiger partial charge on any atom is 0.319 e. The lowest BCUT2D eigenvalue weighted by atomic mass is 9.89. The molecule has 1 aliphatic heterocycles. The molecule has 1 fully saturated rings. The molecule has 0 unspecified atom stereocenters. The van der Waals surface area contributed by atoms with Crippen LogP contribution >= 0.6 is 0 Å². The highest BCUT2D eigenvalue weighted by atomic mass is 19.1. The molecule has 8 heteroatoms. The summed E-state index contributed by atoms with van der Waals surface area (Å²) >= 11 is 0. The molecule has 1 amide bonds. The molecule has 2 N–H and O–H groups in total. The fourth-order valence-electron chi connectivity index (χ4n) is 5.67. The van der Waals surface area contributed by atoms with Gasteiger partial charge in [-0.3, -0.25) is 4.79 Å². The monoisotopic (exact) mass is 517 g/mol. The average Bonchev–Trinajstić information content (AvgIpc) is 3.45. The van der Waals surface area contributed by atoms with Crippen LogP contribution in [0.15, 0.2) is 43.0 Å². The number of halogens is 1. The minimum atomic E-state index is -0.381. The molecule has 0 saturated carbocycles. The second kappa shape index (κ2) is 10.7. The molecule has 3 aromatic rings. The normalized spacial score (nSPS) is 18.4. The van der Waals surface area contributed by atoms with E-state index < -0.39 is 0 Å². The number of aromatic nitrogens is 2. The van der Waals surface area contributed by atoms with Gasteiger partial charge in [-0.2, -0.15) is 9.97 Å². The molecule has 1 atom stereocenters. The van der Waals surface area contributed by atoms with Crippen LogP contribution in [0.5, 0.6) is 6.01 Å². The molecular weight excluding hydrogens is 481 g/mol. The van der Waals surface area contributed by atoms with Gasteiger partial charge in [0.05, 0.1) is 0 Å². The van der Waals surface area contributed by atoms with Gasteiger partial charge in [0.15, 0.2) is 5.82 Å². The largest absolute Gasteiger partial charge is 0.462 e. The number of anilines is 1. The van der Waals surface area contributed by atoms with Gasteiger partial charge in [0.1, 0.15) is 17.9 Å². The third kappa shape index (κ3) is 5.36. The van der Waals surface area contributed by atoms with Gasteiger partial charge in [-0.05, 0) is 73.5 Å². The Bertz CT molecular complexity index is 1370. The summed E-state index contributed by atoms with van der Waals surface area (Å²) in [6.07, 6.45) is 5.29. The van der Waals surface area contributed by atoms with E-state index in [1.54, 1.807) is 0 Å². The maximum atomic E-state index is 16.3. The van der Waals surface area contributed by atoms with Crippen LogP contribution < -0.4 is 15.4 Å². The fourth-order valence-corrected chi connectivity index (χ4v) is 5.67. The summed E-state index contributed by atoms with van der Waals surface area (Å²) in [5, 5.41) is 6.53. The average molecular weight is 518 g/mol. The van der Waals surface area contributed by atoms with E-state index in [4.69, 9.17) is 4.74 Å². The number of benzene rings is 2. The predicted molar refractivity (Wildman–Crippen MR) is 149 cm³/mol. The van der Waals surface area contributed by atoms with Crippen LogP contribution in [0.4, 0.5) is 10.2 Å². The second-order valence-corrected chi connectivity index (χ2v) is 11.1. The number of likely N-dealkylation sites (N-methyl/N-ethyl adjacent to an activating group) is 1. The van der Waals surface area contributed by atoms with Gasteiger partial charge in [-0.15, -0.1) is 0 Å². The zero-order chi connectivity index (χ0) is 26.9. The number of carbonyl (C=O) groups excluding carboxylic acids is 1. The molecule has 0 radical (unpaired) electrons. The first-order valence-corrected chi connectivity index (χ1v) is 13.3. The molecule has 2 aromatic carbocycles. The zero-order valence-electron chi connectivity index (χ0n) is 22.4. The van der Waals surface area contributed by atoms with Gasteiger partial charge in [-0.1, -0.05) is 44.7 Å². The van der Waals surface area contributed by atoms with E-state index in [2.05, 4.69) is 59.0 Å². The molecule has 1 aromatic heterocycles. The Kier molecular flexibility index (Phi) is 7.34. The number of amides is 1. The van der Waals surface area contributed by atoms with Crippen LogP contribution in [-0.2, 0) is 17.6 Å². The van der Waals surface area contributed by atoms with Gasteiger partial charge in [0.2, 0.25) is 5.91 Å². The lowest BCUT2D eigenvalue weighted by molar-refractivity contribution is -0.116. The number of ether oxygens (including phenoxy) is 1. The number of hydrogen-bond acceptors (Lipinski definition) is 6. The van der Waals surface area contributed by atoms with E-state index in [1.807, 2.05) is 24.3 Å². The highest BCUT2D eigenvalue weighted by molar-refractivity contribution is 5.93. The second-order valence-electron chi connectivity index (χ2n) is 11.1. The Morgan fingerprint density at radius 3 is 2.82 bits per heavy atom. The molecule has 2 heterocycles. The molecule has 1 aliphatic carbocycles. The van der Waals surface area contributed by atoms with Gasteiger partial charge < -0.3 is 20.3 Å². The van der Waals surface area contributed by atoms with Crippen LogP contribution in [0, 0.1) is 11.2 Å². The number of carbonyl (C=O) groups is 1. The summed E-state index contributed by atoms with van der Waals surface area (Å²) in [5.74, 6) is -0.158. The number of rotatable bonds is 9. The third-order valence-electron chi connectivity index (χ3n) is 7.65. The molecule has 2 aliphatic rings. The first kappa shape index (κ1) is 26.1. The van der Waals surface area contributed by atoms with Crippen molar-refractivity contribution in [2.45, 2.75) is 45.6 Å². The van der Waals surface area contributed by atoms with Crippen molar-refractivity contribution >= 4 is 22.6 Å².